The highest BCUT2D eigenvalue weighted by Gasteiger charge is 2.32. The number of aromatic nitrogens is 1. The molecule has 1 aliphatic rings. The molecule has 0 N–H and O–H groups in total. The fourth-order valence-electron chi connectivity index (χ4n) is 3.64. The van der Waals surface area contributed by atoms with Crippen molar-refractivity contribution in [1.82, 2.24) is 4.98 Å². The molecule has 0 saturated carbocycles. The van der Waals surface area contributed by atoms with Gasteiger partial charge in [-0.05, 0) is 48.7 Å². The van der Waals surface area contributed by atoms with Crippen molar-refractivity contribution in [2.75, 3.05) is 18.0 Å². The molecule has 0 aliphatic carbocycles. The van der Waals surface area contributed by atoms with Crippen LogP contribution in [0, 0.1) is 11.6 Å². The summed E-state index contributed by atoms with van der Waals surface area (Å²) in [5, 5.41) is 2.61. The van der Waals surface area contributed by atoms with E-state index >= 15 is 0 Å². The molecule has 2 heterocycles. The number of halogens is 3. The second kappa shape index (κ2) is 8.61. The highest BCUT2D eigenvalue weighted by molar-refractivity contribution is 7.92. The Morgan fingerprint density at radius 2 is 1.80 bits per heavy atom. The zero-order chi connectivity index (χ0) is 21.3. The fraction of sp³-hybridized carbons (Fsp3) is 0.286. The van der Waals surface area contributed by atoms with Gasteiger partial charge in [0.2, 0.25) is 0 Å². The number of benzene rings is 2. The van der Waals surface area contributed by atoms with Gasteiger partial charge in [-0.1, -0.05) is 17.7 Å². The van der Waals surface area contributed by atoms with E-state index in [0.29, 0.717) is 42.9 Å². The zero-order valence-electron chi connectivity index (χ0n) is 15.9. The van der Waals surface area contributed by atoms with Crippen molar-refractivity contribution in [3.8, 4) is 0 Å². The maximum atomic E-state index is 13.4. The van der Waals surface area contributed by atoms with E-state index in [4.69, 9.17) is 11.6 Å². The van der Waals surface area contributed by atoms with Crippen LogP contribution in [0.3, 0.4) is 0 Å². The van der Waals surface area contributed by atoms with Gasteiger partial charge in [-0.25, -0.2) is 22.2 Å². The lowest BCUT2D eigenvalue weighted by molar-refractivity contribution is 0.529. The molecule has 4 rings (SSSR count). The van der Waals surface area contributed by atoms with Gasteiger partial charge in [-0.2, -0.15) is 0 Å². The average Bonchev–Trinajstić information content (AvgIpc) is 3.16. The van der Waals surface area contributed by atoms with E-state index in [1.54, 1.807) is 18.2 Å². The number of nitrogens with zero attached hydrogens (tertiary/aromatic N) is 2. The van der Waals surface area contributed by atoms with E-state index < -0.39 is 26.7 Å². The molecule has 1 fully saturated rings. The molecule has 158 valence electrons. The van der Waals surface area contributed by atoms with E-state index in [1.807, 2.05) is 5.38 Å². The van der Waals surface area contributed by atoms with E-state index in [9.17, 15) is 17.2 Å². The molecule has 1 aliphatic heterocycles. The average molecular weight is 469 g/mol. The summed E-state index contributed by atoms with van der Waals surface area (Å²) in [6, 6.07) is 9.81. The van der Waals surface area contributed by atoms with E-state index in [0.717, 1.165) is 16.9 Å². The van der Waals surface area contributed by atoms with Crippen molar-refractivity contribution >= 4 is 37.9 Å². The standard InChI is InChI=1S/C21H19ClF2N2O2S2/c22-15-2-1-3-20(11-15)30(27,28)19-4-6-26(7-5-19)21-25-18(13-29-21)10-14-8-16(23)12-17(24)9-14/h1-3,8-9,11-13,19H,4-7,10H2. The minimum Gasteiger partial charge on any atom is -0.348 e. The smallest absolute Gasteiger partial charge is 0.185 e. The molecule has 0 bridgehead atoms. The largest absolute Gasteiger partial charge is 0.348 e. The van der Waals surface area contributed by atoms with Gasteiger partial charge in [0.05, 0.1) is 15.8 Å². The lowest BCUT2D eigenvalue weighted by atomic mass is 10.1. The van der Waals surface area contributed by atoms with E-state index in [2.05, 4.69) is 9.88 Å². The molecule has 0 atom stereocenters. The summed E-state index contributed by atoms with van der Waals surface area (Å²) in [6.07, 6.45) is 1.34. The molecular weight excluding hydrogens is 450 g/mol. The third-order valence-corrected chi connectivity index (χ3v) is 8.57. The maximum Gasteiger partial charge on any atom is 0.185 e. The molecular formula is C21H19ClF2N2O2S2. The van der Waals surface area contributed by atoms with Gasteiger partial charge in [0.15, 0.2) is 15.0 Å². The van der Waals surface area contributed by atoms with Crippen LogP contribution in [0.25, 0.3) is 0 Å². The third kappa shape index (κ3) is 4.66. The van der Waals surface area contributed by atoms with Gasteiger partial charge in [0.25, 0.3) is 0 Å². The predicted molar refractivity (Wildman–Crippen MR) is 115 cm³/mol. The molecule has 0 spiro atoms. The number of hydrogen-bond donors (Lipinski definition) is 0. The first-order chi connectivity index (χ1) is 14.3. The number of piperidine rings is 1. The number of hydrogen-bond acceptors (Lipinski definition) is 5. The number of thiazole rings is 1. The Morgan fingerprint density at radius 1 is 1.10 bits per heavy atom. The monoisotopic (exact) mass is 468 g/mol. The van der Waals surface area contributed by atoms with Crippen molar-refractivity contribution in [3.63, 3.8) is 0 Å². The summed E-state index contributed by atoms with van der Waals surface area (Å²) in [7, 11) is -3.43. The molecule has 0 amide bonds. The van der Waals surface area contributed by atoms with Crippen molar-refractivity contribution in [1.29, 1.82) is 0 Å². The van der Waals surface area contributed by atoms with Crippen molar-refractivity contribution in [2.24, 2.45) is 0 Å². The lowest BCUT2D eigenvalue weighted by Gasteiger charge is -2.31. The Morgan fingerprint density at radius 3 is 2.47 bits per heavy atom. The topological polar surface area (TPSA) is 50.3 Å². The van der Waals surface area contributed by atoms with Crippen LogP contribution in [0.4, 0.5) is 13.9 Å². The Hall–Kier alpha value is -2.03. The van der Waals surface area contributed by atoms with Gasteiger partial charge < -0.3 is 4.90 Å². The van der Waals surface area contributed by atoms with Crippen LogP contribution in [0.5, 0.6) is 0 Å². The molecule has 3 aromatic rings. The molecule has 30 heavy (non-hydrogen) atoms. The van der Waals surface area contributed by atoms with Crippen molar-refractivity contribution < 1.29 is 17.2 Å². The van der Waals surface area contributed by atoms with Crippen LogP contribution in [-0.2, 0) is 16.3 Å². The Balaban J connectivity index is 1.41. The summed E-state index contributed by atoms with van der Waals surface area (Å²) in [6.45, 7) is 1.15. The molecule has 4 nitrogen and oxygen atoms in total. The summed E-state index contributed by atoms with van der Waals surface area (Å²) in [5.41, 5.74) is 1.25. The SMILES string of the molecule is O=S(=O)(c1cccc(Cl)c1)C1CCN(c2nc(Cc3cc(F)cc(F)c3)cs2)CC1. The van der Waals surface area contributed by atoms with Crippen LogP contribution < -0.4 is 4.90 Å². The van der Waals surface area contributed by atoms with Gasteiger partial charge >= 0.3 is 0 Å². The number of anilines is 1. The predicted octanol–water partition coefficient (Wildman–Crippen LogP) is 5.11. The molecule has 0 radical (unpaired) electrons. The quantitative estimate of drug-likeness (QED) is 0.522. The van der Waals surface area contributed by atoms with Crippen LogP contribution >= 0.6 is 22.9 Å². The van der Waals surface area contributed by atoms with Crippen LogP contribution in [-0.4, -0.2) is 31.7 Å². The zero-order valence-corrected chi connectivity index (χ0v) is 18.3. The maximum absolute atomic E-state index is 13.4. The first kappa shape index (κ1) is 21.2. The highest BCUT2D eigenvalue weighted by atomic mass is 35.5. The van der Waals surface area contributed by atoms with Gasteiger partial charge in [0.1, 0.15) is 11.6 Å². The third-order valence-electron chi connectivity index (χ3n) is 5.12. The van der Waals surface area contributed by atoms with E-state index in [-0.39, 0.29) is 4.90 Å². The molecule has 1 aromatic heterocycles. The summed E-state index contributed by atoms with van der Waals surface area (Å²) >= 11 is 7.40. The van der Waals surface area contributed by atoms with Gasteiger partial charge in [-0.3, -0.25) is 0 Å². The summed E-state index contributed by atoms with van der Waals surface area (Å²) in [5.74, 6) is -1.22. The number of sulfone groups is 1. The minimum atomic E-state index is -3.43. The summed E-state index contributed by atoms with van der Waals surface area (Å²) in [4.78, 5) is 6.89. The van der Waals surface area contributed by atoms with Crippen LogP contribution in [0.1, 0.15) is 24.1 Å². The Kier molecular flexibility index (Phi) is 6.09. The van der Waals surface area contributed by atoms with Gasteiger partial charge in [0, 0.05) is 36.0 Å². The van der Waals surface area contributed by atoms with Gasteiger partial charge in [-0.15, -0.1) is 11.3 Å². The lowest BCUT2D eigenvalue weighted by Crippen LogP contribution is -2.39. The van der Waals surface area contributed by atoms with E-state index in [1.165, 1.54) is 29.5 Å². The highest BCUT2D eigenvalue weighted by Crippen LogP contribution is 2.30. The second-order valence-electron chi connectivity index (χ2n) is 7.26. The molecule has 1 saturated heterocycles. The Labute approximate surface area is 183 Å². The van der Waals surface area contributed by atoms with Crippen molar-refractivity contribution in [3.05, 3.63) is 75.8 Å². The fourth-order valence-corrected chi connectivity index (χ4v) is 6.55. The number of rotatable bonds is 5. The molecule has 2 aromatic carbocycles. The Bertz CT molecular complexity index is 1140. The summed E-state index contributed by atoms with van der Waals surface area (Å²) < 4.78 is 52.6. The normalized spacial score (nSPS) is 15.5. The minimum absolute atomic E-state index is 0.257. The molecule has 9 heteroatoms. The van der Waals surface area contributed by atoms with Crippen LogP contribution in [0.2, 0.25) is 5.02 Å². The van der Waals surface area contributed by atoms with Crippen molar-refractivity contribution in [2.45, 2.75) is 29.4 Å². The first-order valence-corrected chi connectivity index (χ1v) is 12.3. The second-order valence-corrected chi connectivity index (χ2v) is 10.8. The first-order valence-electron chi connectivity index (χ1n) is 9.45. The molecule has 0 unspecified atom stereocenters. The van der Waals surface area contributed by atoms with Crippen LogP contribution in [0.15, 0.2) is 52.7 Å².